The second-order valence-corrected chi connectivity index (χ2v) is 5.74. The van der Waals surface area contributed by atoms with Crippen molar-refractivity contribution in [3.05, 3.63) is 23.1 Å². The molecule has 1 unspecified atom stereocenters. The van der Waals surface area contributed by atoms with Crippen LogP contribution in [-0.4, -0.2) is 35.7 Å². The van der Waals surface area contributed by atoms with Crippen LogP contribution in [0, 0.1) is 5.82 Å². The van der Waals surface area contributed by atoms with Crippen molar-refractivity contribution in [3.63, 3.8) is 0 Å². The van der Waals surface area contributed by atoms with Crippen LogP contribution in [-0.2, 0) is 4.74 Å². The lowest BCUT2D eigenvalue weighted by molar-refractivity contribution is -0.0737. The van der Waals surface area contributed by atoms with Crippen LogP contribution < -0.4 is 4.90 Å². The molecule has 18 heavy (non-hydrogen) atoms. The van der Waals surface area contributed by atoms with Crippen molar-refractivity contribution in [3.8, 4) is 0 Å². The molecular weight excluding hydrogens is 278 g/mol. The lowest BCUT2D eigenvalue weighted by Crippen LogP contribution is -2.54. The van der Waals surface area contributed by atoms with Crippen LogP contribution in [0.2, 0.25) is 5.02 Å². The van der Waals surface area contributed by atoms with E-state index < -0.39 is 5.82 Å². The summed E-state index contributed by atoms with van der Waals surface area (Å²) in [5.41, 5.74) is -0.383. The Balaban J connectivity index is 2.26. The summed E-state index contributed by atoms with van der Waals surface area (Å²) in [5.74, 6) is 0.245. The second-order valence-electron chi connectivity index (χ2n) is 4.99. The summed E-state index contributed by atoms with van der Waals surface area (Å²) < 4.78 is 19.6. The average Bonchev–Trinajstić information content (AvgIpc) is 2.26. The van der Waals surface area contributed by atoms with Gasteiger partial charge in [-0.15, -0.1) is 11.6 Å². The molecule has 3 nitrogen and oxygen atoms in total. The Hall–Kier alpha value is -0.580. The molecule has 1 aromatic heterocycles. The summed E-state index contributed by atoms with van der Waals surface area (Å²) in [6, 6.07) is 1.27. The van der Waals surface area contributed by atoms with E-state index in [-0.39, 0.29) is 16.7 Å². The van der Waals surface area contributed by atoms with E-state index in [1.54, 1.807) is 0 Å². The maximum absolute atomic E-state index is 13.9. The summed E-state index contributed by atoms with van der Waals surface area (Å²) in [6.45, 7) is 4.99. The molecule has 0 amide bonds. The lowest BCUT2D eigenvalue weighted by Gasteiger charge is -2.42. The van der Waals surface area contributed by atoms with Crippen LogP contribution >= 0.6 is 23.2 Å². The number of hydrogen-bond acceptors (Lipinski definition) is 3. The predicted octanol–water partition coefficient (Wildman–Crippen LogP) is 3.10. The van der Waals surface area contributed by atoms with E-state index in [0.717, 1.165) is 0 Å². The van der Waals surface area contributed by atoms with Gasteiger partial charge in [-0.3, -0.25) is 0 Å². The molecule has 0 N–H and O–H groups in total. The van der Waals surface area contributed by atoms with Crippen LogP contribution in [0.5, 0.6) is 0 Å². The van der Waals surface area contributed by atoms with Crippen molar-refractivity contribution in [2.45, 2.75) is 25.6 Å². The third-order valence-corrected chi connectivity index (χ3v) is 3.29. The standard InChI is InChI=1S/C12H15Cl2FN2O/c1-12(2)7-17(6-9(4-13)18-12)11-10(15)3-8(14)5-16-11/h3,5,9H,4,6-7H2,1-2H3. The highest BCUT2D eigenvalue weighted by molar-refractivity contribution is 6.30. The number of morpholine rings is 1. The first-order valence-corrected chi connectivity index (χ1v) is 6.62. The van der Waals surface area contributed by atoms with Gasteiger partial charge in [-0.25, -0.2) is 9.37 Å². The zero-order chi connectivity index (χ0) is 13.3. The van der Waals surface area contributed by atoms with Gasteiger partial charge in [0.05, 0.1) is 22.6 Å². The molecule has 1 aliphatic rings. The first-order valence-electron chi connectivity index (χ1n) is 5.71. The van der Waals surface area contributed by atoms with Gasteiger partial charge in [0.2, 0.25) is 0 Å². The molecule has 0 aliphatic carbocycles. The van der Waals surface area contributed by atoms with Gasteiger partial charge in [0.25, 0.3) is 0 Å². The topological polar surface area (TPSA) is 25.4 Å². The molecule has 0 radical (unpaired) electrons. The molecule has 1 aliphatic heterocycles. The zero-order valence-electron chi connectivity index (χ0n) is 10.3. The SMILES string of the molecule is CC1(C)CN(c2ncc(Cl)cc2F)CC(CCl)O1. The fourth-order valence-corrected chi connectivity index (χ4v) is 2.48. The highest BCUT2D eigenvalue weighted by Gasteiger charge is 2.34. The minimum Gasteiger partial charge on any atom is -0.367 e. The number of rotatable bonds is 2. The third-order valence-electron chi connectivity index (χ3n) is 2.74. The molecule has 1 aromatic rings. The maximum Gasteiger partial charge on any atom is 0.167 e. The van der Waals surface area contributed by atoms with E-state index in [0.29, 0.717) is 24.8 Å². The molecule has 1 saturated heterocycles. The normalized spacial score (nSPS) is 23.2. The monoisotopic (exact) mass is 292 g/mol. The third kappa shape index (κ3) is 3.05. The summed E-state index contributed by atoms with van der Waals surface area (Å²) in [5, 5.41) is 0.290. The van der Waals surface area contributed by atoms with E-state index in [2.05, 4.69) is 4.98 Å². The molecule has 6 heteroatoms. The van der Waals surface area contributed by atoms with Crippen LogP contribution in [0.25, 0.3) is 0 Å². The Morgan fingerprint density at radius 2 is 2.33 bits per heavy atom. The quantitative estimate of drug-likeness (QED) is 0.783. The highest BCUT2D eigenvalue weighted by Crippen LogP contribution is 2.27. The molecule has 0 spiro atoms. The molecule has 100 valence electrons. The Kier molecular flexibility index (Phi) is 3.99. The molecule has 0 saturated carbocycles. The predicted molar refractivity (Wildman–Crippen MR) is 71.1 cm³/mol. The first-order chi connectivity index (χ1) is 8.41. The van der Waals surface area contributed by atoms with Crippen molar-refractivity contribution >= 4 is 29.0 Å². The van der Waals surface area contributed by atoms with Crippen LogP contribution in [0.3, 0.4) is 0 Å². The van der Waals surface area contributed by atoms with Gasteiger partial charge in [0.1, 0.15) is 0 Å². The number of anilines is 1. The first kappa shape index (κ1) is 13.8. The van der Waals surface area contributed by atoms with Gasteiger partial charge < -0.3 is 9.64 Å². The van der Waals surface area contributed by atoms with Crippen LogP contribution in [0.15, 0.2) is 12.3 Å². The molecule has 1 fully saturated rings. The van der Waals surface area contributed by atoms with Crippen molar-refractivity contribution < 1.29 is 9.13 Å². The van der Waals surface area contributed by atoms with Gasteiger partial charge in [-0.2, -0.15) is 0 Å². The number of halogens is 3. The fraction of sp³-hybridized carbons (Fsp3) is 0.583. The summed E-state index contributed by atoms with van der Waals surface area (Å²) >= 11 is 11.5. The highest BCUT2D eigenvalue weighted by atomic mass is 35.5. The number of pyridine rings is 1. The van der Waals surface area contributed by atoms with Crippen molar-refractivity contribution in [2.24, 2.45) is 0 Å². The van der Waals surface area contributed by atoms with Gasteiger partial charge in [-0.1, -0.05) is 11.6 Å². The molecular formula is C12H15Cl2FN2O. The Bertz CT molecular complexity index is 442. The van der Waals surface area contributed by atoms with Crippen molar-refractivity contribution in [1.29, 1.82) is 0 Å². The Morgan fingerprint density at radius 1 is 1.61 bits per heavy atom. The van der Waals surface area contributed by atoms with Crippen LogP contribution in [0.1, 0.15) is 13.8 Å². The van der Waals surface area contributed by atoms with Crippen LogP contribution in [0.4, 0.5) is 10.2 Å². The van der Waals surface area contributed by atoms with Crippen molar-refractivity contribution in [1.82, 2.24) is 4.98 Å². The summed E-state index contributed by atoms with van der Waals surface area (Å²) in [6.07, 6.45) is 1.31. The molecule has 0 bridgehead atoms. The number of nitrogens with zero attached hydrogens (tertiary/aromatic N) is 2. The molecule has 1 atom stereocenters. The van der Waals surface area contributed by atoms with Gasteiger partial charge in [-0.05, 0) is 19.9 Å². The maximum atomic E-state index is 13.9. The second kappa shape index (κ2) is 5.19. The zero-order valence-corrected chi connectivity index (χ0v) is 11.8. The Labute approximate surface area is 116 Å². The van der Waals surface area contributed by atoms with Crippen molar-refractivity contribution in [2.75, 3.05) is 23.9 Å². The van der Waals surface area contributed by atoms with Gasteiger partial charge >= 0.3 is 0 Å². The van der Waals surface area contributed by atoms with Gasteiger partial charge in [0, 0.05) is 19.3 Å². The largest absolute Gasteiger partial charge is 0.367 e. The van der Waals surface area contributed by atoms with Gasteiger partial charge in [0.15, 0.2) is 11.6 Å². The fourth-order valence-electron chi connectivity index (χ4n) is 2.18. The molecule has 2 heterocycles. The van der Waals surface area contributed by atoms with E-state index in [1.807, 2.05) is 18.7 Å². The number of hydrogen-bond donors (Lipinski definition) is 0. The number of alkyl halides is 1. The summed E-state index contributed by atoms with van der Waals surface area (Å²) in [4.78, 5) is 5.91. The van der Waals surface area contributed by atoms with E-state index in [9.17, 15) is 4.39 Å². The Morgan fingerprint density at radius 3 is 2.94 bits per heavy atom. The lowest BCUT2D eigenvalue weighted by atomic mass is 10.1. The molecule has 2 rings (SSSR count). The van der Waals surface area contributed by atoms with E-state index in [1.165, 1.54) is 12.3 Å². The molecule has 0 aromatic carbocycles. The number of ether oxygens (including phenoxy) is 1. The minimum atomic E-state index is -0.423. The smallest absolute Gasteiger partial charge is 0.167 e. The van der Waals surface area contributed by atoms with E-state index in [4.69, 9.17) is 27.9 Å². The average molecular weight is 293 g/mol. The summed E-state index contributed by atoms with van der Waals surface area (Å²) in [7, 11) is 0. The number of aromatic nitrogens is 1. The van der Waals surface area contributed by atoms with E-state index >= 15 is 0 Å². The minimum absolute atomic E-state index is 0.132.